The molecule has 0 aliphatic carbocycles. The molecule has 24 heavy (non-hydrogen) atoms. The van der Waals surface area contributed by atoms with Gasteiger partial charge in [-0.3, -0.25) is 14.5 Å². The molecule has 122 valence electrons. The molecule has 1 saturated heterocycles. The number of phenolic OH excluding ortho intramolecular Hbond substituents is 1. The second-order valence-corrected chi connectivity index (χ2v) is 6.50. The van der Waals surface area contributed by atoms with E-state index in [0.29, 0.717) is 11.1 Å². The van der Waals surface area contributed by atoms with Gasteiger partial charge in [0, 0.05) is 5.02 Å². The maximum absolute atomic E-state index is 13.1. The summed E-state index contributed by atoms with van der Waals surface area (Å²) in [5, 5.41) is 9.02. The van der Waals surface area contributed by atoms with Crippen LogP contribution in [0.5, 0.6) is 5.75 Å². The number of halogens is 2. The summed E-state index contributed by atoms with van der Waals surface area (Å²) in [6.07, 6.45) is 1.58. The summed E-state index contributed by atoms with van der Waals surface area (Å²) >= 11 is 6.78. The third kappa shape index (κ3) is 3.44. The van der Waals surface area contributed by atoms with Gasteiger partial charge in [0.2, 0.25) is 0 Å². The van der Waals surface area contributed by atoms with E-state index in [2.05, 4.69) is 0 Å². The summed E-state index contributed by atoms with van der Waals surface area (Å²) < 4.78 is 13.1. The number of phenols is 1. The van der Waals surface area contributed by atoms with Crippen LogP contribution >= 0.6 is 23.4 Å². The van der Waals surface area contributed by atoms with Crippen molar-refractivity contribution in [3.63, 3.8) is 0 Å². The number of carbonyl (C=O) groups excluding carboxylic acids is 2. The predicted molar refractivity (Wildman–Crippen MR) is 91.0 cm³/mol. The standard InChI is InChI=1S/C17H11ClFNO3S/c18-14-8-12(19)4-3-11(14)9-20-16(22)15(24-17(20)23)7-10-1-5-13(21)6-2-10/h1-8,21H,9H2/b15-7+. The van der Waals surface area contributed by atoms with Crippen molar-refractivity contribution in [3.8, 4) is 5.75 Å². The van der Waals surface area contributed by atoms with E-state index in [1.165, 1.54) is 24.3 Å². The summed E-state index contributed by atoms with van der Waals surface area (Å²) in [6.45, 7) is -0.0172. The Morgan fingerprint density at radius 2 is 1.88 bits per heavy atom. The zero-order valence-electron chi connectivity index (χ0n) is 12.2. The predicted octanol–water partition coefficient (Wildman–Crippen LogP) is 4.42. The van der Waals surface area contributed by atoms with Gasteiger partial charge in [-0.05, 0) is 53.2 Å². The van der Waals surface area contributed by atoms with Gasteiger partial charge in [0.1, 0.15) is 11.6 Å². The Morgan fingerprint density at radius 1 is 1.17 bits per heavy atom. The maximum Gasteiger partial charge on any atom is 0.293 e. The number of nitrogens with zero attached hydrogens (tertiary/aromatic N) is 1. The highest BCUT2D eigenvalue weighted by molar-refractivity contribution is 8.18. The van der Waals surface area contributed by atoms with E-state index in [1.807, 2.05) is 0 Å². The Balaban J connectivity index is 1.82. The third-order valence-electron chi connectivity index (χ3n) is 3.41. The Kier molecular flexibility index (Phi) is 4.59. The summed E-state index contributed by atoms with van der Waals surface area (Å²) in [4.78, 5) is 25.9. The van der Waals surface area contributed by atoms with Crippen molar-refractivity contribution in [2.24, 2.45) is 0 Å². The number of rotatable bonds is 3. The number of benzene rings is 2. The van der Waals surface area contributed by atoms with Crippen LogP contribution in [0, 0.1) is 5.82 Å². The summed E-state index contributed by atoms with van der Waals surface area (Å²) in [7, 11) is 0. The van der Waals surface area contributed by atoms with Crippen molar-refractivity contribution in [1.82, 2.24) is 4.90 Å². The Hall–Kier alpha value is -2.31. The van der Waals surface area contributed by atoms with E-state index in [0.717, 1.165) is 22.7 Å². The molecule has 4 nitrogen and oxygen atoms in total. The van der Waals surface area contributed by atoms with Crippen LogP contribution in [0.1, 0.15) is 11.1 Å². The molecule has 0 unspecified atom stereocenters. The van der Waals surface area contributed by atoms with Crippen LogP contribution in [0.4, 0.5) is 9.18 Å². The van der Waals surface area contributed by atoms with Crippen LogP contribution in [-0.2, 0) is 11.3 Å². The van der Waals surface area contributed by atoms with Crippen molar-refractivity contribution in [2.75, 3.05) is 0 Å². The molecule has 0 atom stereocenters. The molecule has 1 aliphatic rings. The second kappa shape index (κ2) is 6.67. The number of thioether (sulfide) groups is 1. The molecule has 2 aromatic rings. The normalized spacial score (nSPS) is 16.2. The van der Waals surface area contributed by atoms with E-state index < -0.39 is 17.0 Å². The van der Waals surface area contributed by atoms with Crippen molar-refractivity contribution >= 4 is 40.6 Å². The number of carbonyl (C=O) groups is 2. The minimum absolute atomic E-state index is 0.0172. The maximum atomic E-state index is 13.1. The first kappa shape index (κ1) is 16.5. The van der Waals surface area contributed by atoms with Crippen molar-refractivity contribution in [1.29, 1.82) is 0 Å². The lowest BCUT2D eigenvalue weighted by Gasteiger charge is -2.13. The van der Waals surface area contributed by atoms with Gasteiger partial charge in [0.05, 0.1) is 11.4 Å². The molecule has 0 spiro atoms. The van der Waals surface area contributed by atoms with Gasteiger partial charge >= 0.3 is 0 Å². The highest BCUT2D eigenvalue weighted by atomic mass is 35.5. The van der Waals surface area contributed by atoms with Gasteiger partial charge in [-0.25, -0.2) is 4.39 Å². The Labute approximate surface area is 146 Å². The molecule has 2 amide bonds. The van der Waals surface area contributed by atoms with Gasteiger partial charge in [0.25, 0.3) is 11.1 Å². The fourth-order valence-electron chi connectivity index (χ4n) is 2.18. The van der Waals surface area contributed by atoms with Gasteiger partial charge in [-0.15, -0.1) is 0 Å². The average molecular weight is 364 g/mol. The molecule has 7 heteroatoms. The van der Waals surface area contributed by atoms with Crippen LogP contribution in [0.15, 0.2) is 47.4 Å². The van der Waals surface area contributed by atoms with E-state index in [9.17, 15) is 19.1 Å². The van der Waals surface area contributed by atoms with Crippen molar-refractivity contribution in [3.05, 3.63) is 69.3 Å². The lowest BCUT2D eigenvalue weighted by molar-refractivity contribution is -0.123. The molecular formula is C17H11ClFNO3S. The summed E-state index contributed by atoms with van der Waals surface area (Å²) in [5.41, 5.74) is 1.18. The summed E-state index contributed by atoms with van der Waals surface area (Å²) in [5.74, 6) is -0.796. The third-order valence-corrected chi connectivity index (χ3v) is 4.67. The molecular weight excluding hydrogens is 353 g/mol. The van der Waals surface area contributed by atoms with Crippen LogP contribution in [-0.4, -0.2) is 21.2 Å². The molecule has 1 N–H and O–H groups in total. The molecule has 0 saturated carbocycles. The first-order valence-electron chi connectivity index (χ1n) is 6.92. The minimum atomic E-state index is -0.481. The highest BCUT2D eigenvalue weighted by Crippen LogP contribution is 2.34. The second-order valence-electron chi connectivity index (χ2n) is 5.10. The molecule has 1 heterocycles. The zero-order chi connectivity index (χ0) is 17.3. The molecule has 0 aromatic heterocycles. The van der Waals surface area contributed by atoms with Crippen LogP contribution < -0.4 is 0 Å². The van der Waals surface area contributed by atoms with E-state index in [1.54, 1.807) is 18.2 Å². The fourth-order valence-corrected chi connectivity index (χ4v) is 3.24. The fraction of sp³-hybridized carbons (Fsp3) is 0.0588. The van der Waals surface area contributed by atoms with E-state index in [-0.39, 0.29) is 22.2 Å². The molecule has 2 aromatic carbocycles. The first-order chi connectivity index (χ1) is 11.4. The van der Waals surface area contributed by atoms with Gasteiger partial charge in [-0.2, -0.15) is 0 Å². The zero-order valence-corrected chi connectivity index (χ0v) is 13.8. The van der Waals surface area contributed by atoms with E-state index in [4.69, 9.17) is 11.6 Å². The van der Waals surface area contributed by atoms with E-state index >= 15 is 0 Å². The molecule has 0 bridgehead atoms. The summed E-state index contributed by atoms with van der Waals surface area (Å²) in [6, 6.07) is 10.1. The number of hydrogen-bond acceptors (Lipinski definition) is 4. The van der Waals surface area contributed by atoms with Crippen LogP contribution in [0.2, 0.25) is 5.02 Å². The van der Waals surface area contributed by atoms with Crippen LogP contribution in [0.3, 0.4) is 0 Å². The minimum Gasteiger partial charge on any atom is -0.508 e. The monoisotopic (exact) mass is 363 g/mol. The first-order valence-corrected chi connectivity index (χ1v) is 8.12. The molecule has 1 aliphatic heterocycles. The number of imide groups is 1. The molecule has 3 rings (SSSR count). The molecule has 1 fully saturated rings. The molecule has 0 radical (unpaired) electrons. The number of aromatic hydroxyl groups is 1. The van der Waals surface area contributed by atoms with Crippen molar-refractivity contribution in [2.45, 2.75) is 6.54 Å². The van der Waals surface area contributed by atoms with Gasteiger partial charge in [-0.1, -0.05) is 29.8 Å². The Bertz CT molecular complexity index is 851. The quantitative estimate of drug-likeness (QED) is 0.820. The number of hydrogen-bond donors (Lipinski definition) is 1. The number of amides is 2. The highest BCUT2D eigenvalue weighted by Gasteiger charge is 2.35. The van der Waals surface area contributed by atoms with Crippen LogP contribution in [0.25, 0.3) is 6.08 Å². The lowest BCUT2D eigenvalue weighted by atomic mass is 10.2. The lowest BCUT2D eigenvalue weighted by Crippen LogP contribution is -2.27. The van der Waals surface area contributed by atoms with Gasteiger partial charge < -0.3 is 5.11 Å². The van der Waals surface area contributed by atoms with Crippen molar-refractivity contribution < 1.29 is 19.1 Å². The SMILES string of the molecule is O=C1S/C(=C/c2ccc(O)cc2)C(=O)N1Cc1ccc(F)cc1Cl. The Morgan fingerprint density at radius 3 is 2.54 bits per heavy atom. The average Bonchev–Trinajstić information content (AvgIpc) is 2.79. The smallest absolute Gasteiger partial charge is 0.293 e. The van der Waals surface area contributed by atoms with Gasteiger partial charge in [0.15, 0.2) is 0 Å². The topological polar surface area (TPSA) is 57.6 Å². The largest absolute Gasteiger partial charge is 0.508 e.